The minimum Gasteiger partial charge on any atom is -0.390 e. The summed E-state index contributed by atoms with van der Waals surface area (Å²) in [4.78, 5) is 13.9. The van der Waals surface area contributed by atoms with Gasteiger partial charge >= 0.3 is 0 Å². The number of hydrogen-bond acceptors (Lipinski definition) is 3. The molecule has 4 nitrogen and oxygen atoms in total. The number of aliphatic hydroxyl groups is 1. The highest BCUT2D eigenvalue weighted by Crippen LogP contribution is 2.22. The normalized spacial score (nSPS) is 20.8. The van der Waals surface area contributed by atoms with Gasteiger partial charge in [0.2, 0.25) is 5.91 Å². The van der Waals surface area contributed by atoms with Crippen LogP contribution in [0.15, 0.2) is 0 Å². The summed E-state index contributed by atoms with van der Waals surface area (Å²) < 4.78 is 0. The predicted octanol–water partition coefficient (Wildman–Crippen LogP) is 1.52. The van der Waals surface area contributed by atoms with Crippen LogP contribution in [0, 0.1) is 5.92 Å². The van der Waals surface area contributed by atoms with Crippen LogP contribution >= 0.6 is 0 Å². The molecule has 3 N–H and O–H groups in total. The third-order valence-corrected chi connectivity index (χ3v) is 4.11. The second kappa shape index (κ2) is 7.10. The number of amides is 1. The molecular formula is C14H28N2O2. The highest BCUT2D eigenvalue weighted by atomic mass is 16.3. The molecule has 4 heteroatoms. The summed E-state index contributed by atoms with van der Waals surface area (Å²) >= 11 is 0. The van der Waals surface area contributed by atoms with Gasteiger partial charge in [-0.1, -0.05) is 13.3 Å². The molecule has 0 aliphatic carbocycles. The first-order chi connectivity index (χ1) is 8.48. The van der Waals surface area contributed by atoms with Crippen LogP contribution in [0.2, 0.25) is 0 Å². The van der Waals surface area contributed by atoms with Gasteiger partial charge in [-0.3, -0.25) is 4.79 Å². The maximum atomic E-state index is 12.0. The summed E-state index contributed by atoms with van der Waals surface area (Å²) in [6, 6.07) is 0. The van der Waals surface area contributed by atoms with Crippen LogP contribution in [-0.2, 0) is 4.79 Å². The molecule has 0 bridgehead atoms. The average molecular weight is 256 g/mol. The Hall–Kier alpha value is -0.610. The number of piperidine rings is 1. The van der Waals surface area contributed by atoms with Crippen molar-refractivity contribution in [3.05, 3.63) is 0 Å². The zero-order valence-corrected chi connectivity index (χ0v) is 11.8. The molecule has 18 heavy (non-hydrogen) atoms. The van der Waals surface area contributed by atoms with E-state index in [1.807, 2.05) is 11.8 Å². The summed E-state index contributed by atoms with van der Waals surface area (Å²) in [6.07, 6.45) is 5.06. The lowest BCUT2D eigenvalue weighted by Crippen LogP contribution is -2.45. The third kappa shape index (κ3) is 4.94. The molecule has 0 spiro atoms. The molecule has 1 rings (SSSR count). The van der Waals surface area contributed by atoms with Crippen molar-refractivity contribution >= 4 is 5.91 Å². The second-order valence-electron chi connectivity index (χ2n) is 5.77. The quantitative estimate of drug-likeness (QED) is 0.757. The summed E-state index contributed by atoms with van der Waals surface area (Å²) in [7, 11) is 0. The molecule has 1 unspecified atom stereocenters. The van der Waals surface area contributed by atoms with Gasteiger partial charge in [-0.25, -0.2) is 0 Å². The van der Waals surface area contributed by atoms with E-state index in [-0.39, 0.29) is 5.91 Å². The average Bonchev–Trinajstić information content (AvgIpc) is 2.34. The molecule has 0 aromatic rings. The van der Waals surface area contributed by atoms with Crippen molar-refractivity contribution in [2.24, 2.45) is 11.7 Å². The van der Waals surface area contributed by atoms with Crippen LogP contribution in [0.3, 0.4) is 0 Å². The Labute approximate surface area is 111 Å². The Morgan fingerprint density at radius 3 is 2.50 bits per heavy atom. The molecule has 1 fully saturated rings. The largest absolute Gasteiger partial charge is 0.390 e. The first-order valence-corrected chi connectivity index (χ1v) is 7.18. The van der Waals surface area contributed by atoms with E-state index < -0.39 is 5.60 Å². The predicted molar refractivity (Wildman–Crippen MR) is 73.1 cm³/mol. The summed E-state index contributed by atoms with van der Waals surface area (Å²) in [6.45, 7) is 6.10. The van der Waals surface area contributed by atoms with E-state index in [1.165, 1.54) is 0 Å². The van der Waals surface area contributed by atoms with E-state index >= 15 is 0 Å². The van der Waals surface area contributed by atoms with Crippen LogP contribution < -0.4 is 5.73 Å². The minimum absolute atomic E-state index is 0.237. The number of nitrogens with two attached hydrogens (primary N) is 1. The Morgan fingerprint density at radius 1 is 1.39 bits per heavy atom. The fourth-order valence-electron chi connectivity index (χ4n) is 2.51. The first-order valence-electron chi connectivity index (χ1n) is 7.18. The van der Waals surface area contributed by atoms with Crippen molar-refractivity contribution in [1.82, 2.24) is 4.90 Å². The zero-order chi connectivity index (χ0) is 13.6. The summed E-state index contributed by atoms with van der Waals surface area (Å²) in [5.41, 5.74) is 4.98. The molecular weight excluding hydrogens is 228 g/mol. The van der Waals surface area contributed by atoms with Crippen molar-refractivity contribution in [3.8, 4) is 0 Å². The van der Waals surface area contributed by atoms with Gasteiger partial charge in [0.05, 0.1) is 5.60 Å². The second-order valence-corrected chi connectivity index (χ2v) is 5.77. The Bertz CT molecular complexity index is 257. The van der Waals surface area contributed by atoms with E-state index in [0.29, 0.717) is 44.8 Å². The van der Waals surface area contributed by atoms with E-state index in [0.717, 1.165) is 19.3 Å². The van der Waals surface area contributed by atoms with Gasteiger partial charge in [0.15, 0.2) is 0 Å². The topological polar surface area (TPSA) is 66.6 Å². The molecule has 106 valence electrons. The highest BCUT2D eigenvalue weighted by Gasteiger charge is 2.29. The number of carbonyl (C=O) groups excluding carboxylic acids is 1. The van der Waals surface area contributed by atoms with E-state index in [9.17, 15) is 9.90 Å². The highest BCUT2D eigenvalue weighted by molar-refractivity contribution is 5.76. The fraction of sp³-hybridized carbons (Fsp3) is 0.929. The molecule has 1 amide bonds. The zero-order valence-electron chi connectivity index (χ0n) is 11.8. The van der Waals surface area contributed by atoms with Crippen molar-refractivity contribution in [2.45, 2.75) is 58.0 Å². The van der Waals surface area contributed by atoms with Crippen molar-refractivity contribution in [2.75, 3.05) is 19.6 Å². The molecule has 0 radical (unpaired) electrons. The standard InChI is InChI=1S/C14H28N2O2/c1-3-12(6-9-15)4-5-13(17)16-10-7-14(2,18)8-11-16/h12,18H,3-11,15H2,1-2H3. The van der Waals surface area contributed by atoms with Crippen LogP contribution in [0.5, 0.6) is 0 Å². The molecule has 1 saturated heterocycles. The van der Waals surface area contributed by atoms with Crippen LogP contribution in [0.1, 0.15) is 52.4 Å². The van der Waals surface area contributed by atoms with Gasteiger partial charge in [-0.2, -0.15) is 0 Å². The van der Waals surface area contributed by atoms with E-state index in [4.69, 9.17) is 5.73 Å². The van der Waals surface area contributed by atoms with Crippen LogP contribution in [0.4, 0.5) is 0 Å². The number of nitrogens with zero attached hydrogens (tertiary/aromatic N) is 1. The third-order valence-electron chi connectivity index (χ3n) is 4.11. The van der Waals surface area contributed by atoms with Crippen LogP contribution in [0.25, 0.3) is 0 Å². The molecule has 1 aliphatic heterocycles. The molecule has 0 aromatic carbocycles. The molecule has 0 aromatic heterocycles. The van der Waals surface area contributed by atoms with Gasteiger partial charge in [-0.15, -0.1) is 0 Å². The Balaban J connectivity index is 2.29. The van der Waals surface area contributed by atoms with Gasteiger partial charge in [0.1, 0.15) is 0 Å². The Kier molecular flexibility index (Phi) is 6.09. The number of hydrogen-bond donors (Lipinski definition) is 2. The number of carbonyl (C=O) groups is 1. The van der Waals surface area contributed by atoms with Crippen molar-refractivity contribution in [1.29, 1.82) is 0 Å². The lowest BCUT2D eigenvalue weighted by molar-refractivity contribution is -0.135. The summed E-state index contributed by atoms with van der Waals surface area (Å²) in [5, 5.41) is 9.85. The van der Waals surface area contributed by atoms with Crippen LogP contribution in [-0.4, -0.2) is 41.1 Å². The maximum Gasteiger partial charge on any atom is 0.222 e. The van der Waals surface area contributed by atoms with E-state index in [2.05, 4.69) is 6.92 Å². The molecule has 0 saturated carbocycles. The lowest BCUT2D eigenvalue weighted by atomic mass is 9.92. The minimum atomic E-state index is -0.581. The van der Waals surface area contributed by atoms with E-state index in [1.54, 1.807) is 0 Å². The number of likely N-dealkylation sites (tertiary alicyclic amines) is 1. The smallest absolute Gasteiger partial charge is 0.222 e. The van der Waals surface area contributed by atoms with Gasteiger partial charge in [-0.05, 0) is 45.1 Å². The van der Waals surface area contributed by atoms with Gasteiger partial charge in [0, 0.05) is 19.5 Å². The number of rotatable bonds is 6. The molecule has 1 atom stereocenters. The lowest BCUT2D eigenvalue weighted by Gasteiger charge is -2.36. The van der Waals surface area contributed by atoms with Crippen molar-refractivity contribution in [3.63, 3.8) is 0 Å². The van der Waals surface area contributed by atoms with Crippen molar-refractivity contribution < 1.29 is 9.90 Å². The Morgan fingerprint density at radius 2 is 2.00 bits per heavy atom. The molecule has 1 heterocycles. The van der Waals surface area contributed by atoms with Gasteiger partial charge in [0.25, 0.3) is 0 Å². The van der Waals surface area contributed by atoms with Gasteiger partial charge < -0.3 is 15.7 Å². The summed E-state index contributed by atoms with van der Waals surface area (Å²) in [5.74, 6) is 0.813. The monoisotopic (exact) mass is 256 g/mol. The first kappa shape index (κ1) is 15.4. The molecule has 1 aliphatic rings. The maximum absolute atomic E-state index is 12.0. The fourth-order valence-corrected chi connectivity index (χ4v) is 2.51. The SMILES string of the molecule is CCC(CCN)CCC(=O)N1CCC(C)(O)CC1.